The Morgan fingerprint density at radius 1 is 1.29 bits per heavy atom. The van der Waals surface area contributed by atoms with E-state index in [-0.39, 0.29) is 0 Å². The molecule has 1 unspecified atom stereocenters. The zero-order chi connectivity index (χ0) is 12.3. The molecule has 96 valence electrons. The van der Waals surface area contributed by atoms with E-state index in [1.54, 1.807) is 11.3 Å². The number of hydrogen-bond acceptors (Lipinski definition) is 4. The summed E-state index contributed by atoms with van der Waals surface area (Å²) >= 11 is 1.76. The minimum absolute atomic E-state index is 0.611. The Balaban J connectivity index is 1.80. The van der Waals surface area contributed by atoms with Crippen molar-refractivity contribution in [2.45, 2.75) is 46.1 Å². The van der Waals surface area contributed by atoms with Crippen molar-refractivity contribution in [3.05, 3.63) is 10.6 Å². The fourth-order valence-corrected chi connectivity index (χ4v) is 3.09. The van der Waals surface area contributed by atoms with Gasteiger partial charge in [0.1, 0.15) is 0 Å². The van der Waals surface area contributed by atoms with E-state index in [2.05, 4.69) is 36.0 Å². The van der Waals surface area contributed by atoms with Crippen molar-refractivity contribution in [3.63, 3.8) is 0 Å². The molecule has 17 heavy (non-hydrogen) atoms. The standard InChI is InChI=1S/C13H23N3S/c1-10(16-7-5-4-6-8-16)9-14-13-15-11(2)12(3)17-13/h10H,4-9H2,1-3H3,(H,14,15). The molecule has 1 fully saturated rings. The lowest BCUT2D eigenvalue weighted by Gasteiger charge is -2.32. The lowest BCUT2D eigenvalue weighted by atomic mass is 10.1. The molecule has 1 atom stereocenters. The normalized spacial score (nSPS) is 19.2. The molecule has 0 bridgehead atoms. The van der Waals surface area contributed by atoms with Crippen molar-refractivity contribution < 1.29 is 0 Å². The highest BCUT2D eigenvalue weighted by Crippen LogP contribution is 2.21. The molecule has 4 heteroatoms. The van der Waals surface area contributed by atoms with Gasteiger partial charge in [0.15, 0.2) is 5.13 Å². The second-order valence-corrected chi connectivity index (χ2v) is 6.19. The highest BCUT2D eigenvalue weighted by Gasteiger charge is 2.16. The summed E-state index contributed by atoms with van der Waals surface area (Å²) in [4.78, 5) is 8.42. The SMILES string of the molecule is Cc1nc(NCC(C)N2CCCCC2)sc1C. The number of hydrogen-bond donors (Lipinski definition) is 1. The van der Waals surface area contributed by atoms with Gasteiger partial charge in [0.25, 0.3) is 0 Å². The van der Waals surface area contributed by atoms with Crippen molar-refractivity contribution in [1.29, 1.82) is 0 Å². The molecule has 0 saturated carbocycles. The fourth-order valence-electron chi connectivity index (χ4n) is 2.27. The van der Waals surface area contributed by atoms with E-state index in [0.717, 1.165) is 17.4 Å². The summed E-state index contributed by atoms with van der Waals surface area (Å²) in [7, 11) is 0. The maximum Gasteiger partial charge on any atom is 0.183 e. The summed E-state index contributed by atoms with van der Waals surface area (Å²) in [6.45, 7) is 10.0. The highest BCUT2D eigenvalue weighted by atomic mass is 32.1. The molecule has 1 saturated heterocycles. The number of thiazole rings is 1. The molecule has 1 aromatic heterocycles. The monoisotopic (exact) mass is 253 g/mol. The summed E-state index contributed by atoms with van der Waals surface area (Å²) in [6.07, 6.45) is 4.13. The average molecular weight is 253 g/mol. The van der Waals surface area contributed by atoms with Crippen molar-refractivity contribution in [3.8, 4) is 0 Å². The lowest BCUT2D eigenvalue weighted by molar-refractivity contribution is 0.180. The van der Waals surface area contributed by atoms with Gasteiger partial charge in [-0.1, -0.05) is 6.42 Å². The minimum atomic E-state index is 0.611. The summed E-state index contributed by atoms with van der Waals surface area (Å²) in [5.41, 5.74) is 1.16. The summed E-state index contributed by atoms with van der Waals surface area (Å²) in [5, 5.41) is 4.54. The molecule has 2 rings (SSSR count). The largest absolute Gasteiger partial charge is 0.360 e. The number of anilines is 1. The van der Waals surface area contributed by atoms with Crippen LogP contribution in [0.4, 0.5) is 5.13 Å². The van der Waals surface area contributed by atoms with Gasteiger partial charge in [-0.3, -0.25) is 4.90 Å². The second kappa shape index (κ2) is 5.83. The molecule has 1 N–H and O–H groups in total. The average Bonchev–Trinajstić information content (AvgIpc) is 2.67. The molecule has 0 amide bonds. The molecule has 2 heterocycles. The second-order valence-electron chi connectivity index (χ2n) is 4.99. The van der Waals surface area contributed by atoms with Gasteiger partial charge in [-0.15, -0.1) is 11.3 Å². The third-order valence-electron chi connectivity index (χ3n) is 3.59. The molecule has 0 aliphatic carbocycles. The quantitative estimate of drug-likeness (QED) is 0.894. The van der Waals surface area contributed by atoms with E-state index in [9.17, 15) is 0 Å². The van der Waals surface area contributed by atoms with Crippen molar-refractivity contribution >= 4 is 16.5 Å². The molecule has 0 radical (unpaired) electrons. The number of aromatic nitrogens is 1. The first-order valence-corrected chi connectivity index (χ1v) is 7.40. The summed E-state index contributed by atoms with van der Waals surface area (Å²) in [5.74, 6) is 0. The molecule has 1 aromatic rings. The Morgan fingerprint density at radius 2 is 2.00 bits per heavy atom. The fraction of sp³-hybridized carbons (Fsp3) is 0.769. The van der Waals surface area contributed by atoms with Crippen LogP contribution in [0.3, 0.4) is 0 Å². The minimum Gasteiger partial charge on any atom is -0.360 e. The van der Waals surface area contributed by atoms with Crippen molar-refractivity contribution in [2.24, 2.45) is 0 Å². The molecule has 1 aliphatic rings. The van der Waals surface area contributed by atoms with Crippen LogP contribution in [-0.4, -0.2) is 35.6 Å². The number of nitrogens with zero attached hydrogens (tertiary/aromatic N) is 2. The number of likely N-dealkylation sites (tertiary alicyclic amines) is 1. The lowest BCUT2D eigenvalue weighted by Crippen LogP contribution is -2.41. The van der Waals surface area contributed by atoms with Crippen LogP contribution < -0.4 is 5.32 Å². The van der Waals surface area contributed by atoms with Gasteiger partial charge in [0.05, 0.1) is 5.69 Å². The van der Waals surface area contributed by atoms with E-state index in [4.69, 9.17) is 0 Å². The smallest absolute Gasteiger partial charge is 0.183 e. The maximum atomic E-state index is 4.52. The van der Waals surface area contributed by atoms with Gasteiger partial charge in [0.2, 0.25) is 0 Å². The van der Waals surface area contributed by atoms with Crippen LogP contribution in [0, 0.1) is 13.8 Å². The van der Waals surface area contributed by atoms with Gasteiger partial charge in [-0.2, -0.15) is 0 Å². The number of rotatable bonds is 4. The zero-order valence-corrected chi connectivity index (χ0v) is 11.9. The van der Waals surface area contributed by atoms with E-state index < -0.39 is 0 Å². The van der Waals surface area contributed by atoms with Gasteiger partial charge < -0.3 is 5.32 Å². The van der Waals surface area contributed by atoms with E-state index in [1.807, 2.05) is 0 Å². The third-order valence-corrected chi connectivity index (χ3v) is 4.62. The van der Waals surface area contributed by atoms with Crippen molar-refractivity contribution in [2.75, 3.05) is 25.0 Å². The Morgan fingerprint density at radius 3 is 2.59 bits per heavy atom. The van der Waals surface area contributed by atoms with Crippen molar-refractivity contribution in [1.82, 2.24) is 9.88 Å². The molecule has 3 nitrogen and oxygen atoms in total. The van der Waals surface area contributed by atoms with Crippen LogP contribution in [0.1, 0.15) is 36.8 Å². The van der Waals surface area contributed by atoms with Gasteiger partial charge >= 0.3 is 0 Å². The summed E-state index contributed by atoms with van der Waals surface area (Å²) in [6, 6.07) is 0.611. The Bertz CT molecular complexity index is 336. The Labute approximate surface area is 108 Å². The topological polar surface area (TPSA) is 28.2 Å². The third kappa shape index (κ3) is 3.42. The first kappa shape index (κ1) is 12.8. The number of nitrogens with one attached hydrogen (secondary N) is 1. The first-order chi connectivity index (χ1) is 8.16. The predicted octanol–water partition coefficient (Wildman–Crippen LogP) is 3.05. The molecule has 1 aliphatic heterocycles. The first-order valence-electron chi connectivity index (χ1n) is 6.59. The highest BCUT2D eigenvalue weighted by molar-refractivity contribution is 7.15. The molecular formula is C13H23N3S. The van der Waals surface area contributed by atoms with E-state index >= 15 is 0 Å². The van der Waals surface area contributed by atoms with E-state index in [1.165, 1.54) is 37.2 Å². The molecule has 0 spiro atoms. The van der Waals surface area contributed by atoms with Gasteiger partial charge in [-0.05, 0) is 46.7 Å². The summed E-state index contributed by atoms with van der Waals surface area (Å²) < 4.78 is 0. The Hall–Kier alpha value is -0.610. The van der Waals surface area contributed by atoms with Gasteiger partial charge in [-0.25, -0.2) is 4.98 Å². The maximum absolute atomic E-state index is 4.52. The van der Waals surface area contributed by atoms with Crippen LogP contribution in [0.2, 0.25) is 0 Å². The van der Waals surface area contributed by atoms with Crippen LogP contribution in [-0.2, 0) is 0 Å². The van der Waals surface area contributed by atoms with Gasteiger partial charge in [0, 0.05) is 17.5 Å². The molecular weight excluding hydrogens is 230 g/mol. The number of piperidine rings is 1. The van der Waals surface area contributed by atoms with Crippen LogP contribution in [0.15, 0.2) is 0 Å². The zero-order valence-electron chi connectivity index (χ0n) is 11.1. The predicted molar refractivity (Wildman–Crippen MR) is 75.0 cm³/mol. The number of aryl methyl sites for hydroxylation is 2. The van der Waals surface area contributed by atoms with Crippen LogP contribution in [0.25, 0.3) is 0 Å². The molecule has 0 aromatic carbocycles. The van der Waals surface area contributed by atoms with E-state index in [0.29, 0.717) is 6.04 Å². The van der Waals surface area contributed by atoms with Crippen LogP contribution in [0.5, 0.6) is 0 Å². The van der Waals surface area contributed by atoms with Crippen LogP contribution >= 0.6 is 11.3 Å². The Kier molecular flexibility index (Phi) is 4.40.